The molecule has 1 unspecified atom stereocenters. The number of rotatable bonds is 3. The lowest BCUT2D eigenvalue weighted by Crippen LogP contribution is -2.40. The van der Waals surface area contributed by atoms with Crippen molar-refractivity contribution in [2.24, 2.45) is 7.05 Å². The van der Waals surface area contributed by atoms with Crippen LogP contribution >= 0.6 is 0 Å². The zero-order chi connectivity index (χ0) is 16.6. The highest BCUT2D eigenvalue weighted by Crippen LogP contribution is 2.10. The zero-order valence-electron chi connectivity index (χ0n) is 12.2. The van der Waals surface area contributed by atoms with Gasteiger partial charge in [-0.3, -0.25) is 19.1 Å². The average Bonchev–Trinajstić information content (AvgIpc) is 2.49. The van der Waals surface area contributed by atoms with Gasteiger partial charge >= 0.3 is 11.7 Å². The van der Waals surface area contributed by atoms with E-state index in [1.807, 2.05) is 0 Å². The predicted molar refractivity (Wildman–Crippen MR) is 76.8 cm³/mol. The van der Waals surface area contributed by atoms with Crippen molar-refractivity contribution in [3.8, 4) is 0 Å². The van der Waals surface area contributed by atoms with Gasteiger partial charge in [0.25, 0.3) is 11.5 Å². The molecule has 9 heteroatoms. The summed E-state index contributed by atoms with van der Waals surface area (Å²) >= 11 is 0. The number of carbonyl (C=O) groups excluding carboxylic acids is 1. The first-order valence-electron chi connectivity index (χ1n) is 6.33. The number of pyridine rings is 1. The van der Waals surface area contributed by atoms with E-state index in [2.05, 4.69) is 9.97 Å². The number of aliphatic carboxylic acids is 1. The van der Waals surface area contributed by atoms with E-state index in [0.29, 0.717) is 0 Å². The molecule has 0 saturated carbocycles. The second kappa shape index (κ2) is 5.43. The lowest BCUT2D eigenvalue weighted by molar-refractivity contribution is -0.141. The van der Waals surface area contributed by atoms with Crippen molar-refractivity contribution in [2.45, 2.75) is 13.0 Å². The first kappa shape index (κ1) is 15.4. The normalized spacial score (nSPS) is 12.1. The van der Waals surface area contributed by atoms with Gasteiger partial charge in [0.15, 0.2) is 0 Å². The summed E-state index contributed by atoms with van der Waals surface area (Å²) in [4.78, 5) is 53.5. The first-order chi connectivity index (χ1) is 10.2. The van der Waals surface area contributed by atoms with Crippen molar-refractivity contribution in [1.82, 2.24) is 19.4 Å². The summed E-state index contributed by atoms with van der Waals surface area (Å²) in [5.41, 5.74) is -1.07. The smallest absolute Gasteiger partial charge is 0.329 e. The van der Waals surface area contributed by atoms with E-state index in [4.69, 9.17) is 5.11 Å². The van der Waals surface area contributed by atoms with Gasteiger partial charge < -0.3 is 10.0 Å². The molecule has 1 atom stereocenters. The number of amides is 1. The van der Waals surface area contributed by atoms with Crippen LogP contribution in [0.3, 0.4) is 0 Å². The Morgan fingerprint density at radius 1 is 1.41 bits per heavy atom. The number of nitrogens with one attached hydrogen (secondary N) is 1. The third kappa shape index (κ3) is 2.48. The molecule has 0 radical (unpaired) electrons. The fraction of sp³-hybridized carbons (Fsp3) is 0.308. The number of hydrogen-bond acceptors (Lipinski definition) is 5. The molecule has 9 nitrogen and oxygen atoms in total. The highest BCUT2D eigenvalue weighted by Gasteiger charge is 2.23. The third-order valence-corrected chi connectivity index (χ3v) is 3.46. The van der Waals surface area contributed by atoms with Crippen molar-refractivity contribution in [2.75, 3.05) is 7.05 Å². The number of aromatic nitrogens is 3. The van der Waals surface area contributed by atoms with Crippen LogP contribution in [0.15, 0.2) is 21.9 Å². The molecule has 116 valence electrons. The second-order valence-corrected chi connectivity index (χ2v) is 4.84. The fourth-order valence-corrected chi connectivity index (χ4v) is 1.90. The molecule has 2 aromatic heterocycles. The van der Waals surface area contributed by atoms with Gasteiger partial charge in [0.05, 0.1) is 10.9 Å². The Hall–Kier alpha value is -2.97. The summed E-state index contributed by atoms with van der Waals surface area (Å²) in [5.74, 6) is -1.73. The van der Waals surface area contributed by atoms with E-state index in [0.717, 1.165) is 9.47 Å². The number of H-pyrrole nitrogens is 1. The van der Waals surface area contributed by atoms with Crippen LogP contribution in [0.25, 0.3) is 11.0 Å². The van der Waals surface area contributed by atoms with Crippen LogP contribution in [0.5, 0.6) is 0 Å². The van der Waals surface area contributed by atoms with Crippen molar-refractivity contribution >= 4 is 22.9 Å². The molecular weight excluding hydrogens is 292 g/mol. The number of carboxylic acids is 1. The van der Waals surface area contributed by atoms with Gasteiger partial charge in [-0.15, -0.1) is 0 Å². The zero-order valence-corrected chi connectivity index (χ0v) is 12.2. The number of hydrogen-bond donors (Lipinski definition) is 2. The van der Waals surface area contributed by atoms with Crippen LogP contribution in [0.2, 0.25) is 0 Å². The van der Waals surface area contributed by atoms with Crippen LogP contribution in [0.1, 0.15) is 17.3 Å². The molecule has 0 spiro atoms. The summed E-state index contributed by atoms with van der Waals surface area (Å²) < 4.78 is 1.15. The maximum atomic E-state index is 12.2. The average molecular weight is 306 g/mol. The topological polar surface area (TPSA) is 125 Å². The fourth-order valence-electron chi connectivity index (χ4n) is 1.90. The number of likely N-dealkylation sites (N-methyl/N-ethyl adjacent to an activating group) is 1. The van der Waals surface area contributed by atoms with E-state index in [1.165, 1.54) is 33.3 Å². The molecule has 0 aliphatic heterocycles. The minimum atomic E-state index is -1.15. The quantitative estimate of drug-likeness (QED) is 0.762. The minimum absolute atomic E-state index is 0.0623. The molecule has 2 aromatic rings. The number of carbonyl (C=O) groups is 2. The highest BCUT2D eigenvalue weighted by atomic mass is 16.4. The highest BCUT2D eigenvalue weighted by molar-refractivity contribution is 5.98. The molecule has 2 heterocycles. The first-order valence-corrected chi connectivity index (χ1v) is 6.33. The SMILES string of the molecule is CC(C(=O)O)N(C)C(=O)c1cnc2c(c1)c(=O)[nH]c(=O)n2C. The Bertz CT molecular complexity index is 882. The lowest BCUT2D eigenvalue weighted by atomic mass is 10.2. The van der Waals surface area contributed by atoms with Crippen molar-refractivity contribution in [3.05, 3.63) is 38.7 Å². The minimum Gasteiger partial charge on any atom is -0.480 e. The van der Waals surface area contributed by atoms with E-state index in [1.54, 1.807) is 0 Å². The third-order valence-electron chi connectivity index (χ3n) is 3.46. The van der Waals surface area contributed by atoms with Crippen LogP contribution < -0.4 is 11.2 Å². The molecule has 0 aromatic carbocycles. The largest absolute Gasteiger partial charge is 0.480 e. The van der Waals surface area contributed by atoms with E-state index >= 15 is 0 Å². The molecule has 0 saturated heterocycles. The van der Waals surface area contributed by atoms with Crippen molar-refractivity contribution in [1.29, 1.82) is 0 Å². The standard InChI is InChI=1S/C13H14N4O5/c1-6(12(20)21)16(2)11(19)7-4-8-9(14-5-7)17(3)13(22)15-10(8)18/h4-6H,1-3H3,(H,20,21)(H,15,18,22). The van der Waals surface area contributed by atoms with Crippen molar-refractivity contribution in [3.63, 3.8) is 0 Å². The molecule has 2 rings (SSSR count). The van der Waals surface area contributed by atoms with Gasteiger partial charge in [-0.1, -0.05) is 0 Å². The maximum absolute atomic E-state index is 12.2. The monoisotopic (exact) mass is 306 g/mol. The van der Waals surface area contributed by atoms with Gasteiger partial charge in [-0.05, 0) is 13.0 Å². The van der Waals surface area contributed by atoms with Gasteiger partial charge in [-0.2, -0.15) is 0 Å². The molecule has 1 amide bonds. The number of aryl methyl sites for hydroxylation is 1. The van der Waals surface area contributed by atoms with E-state index in [-0.39, 0.29) is 16.6 Å². The summed E-state index contributed by atoms with van der Waals surface area (Å²) in [7, 11) is 2.78. The predicted octanol–water partition coefficient (Wildman–Crippen LogP) is -0.833. The lowest BCUT2D eigenvalue weighted by Gasteiger charge is -2.21. The Morgan fingerprint density at radius 3 is 2.64 bits per heavy atom. The number of carboxylic acid groups (broad SMARTS) is 1. The van der Waals surface area contributed by atoms with E-state index in [9.17, 15) is 19.2 Å². The Morgan fingerprint density at radius 2 is 2.05 bits per heavy atom. The maximum Gasteiger partial charge on any atom is 0.329 e. The summed E-state index contributed by atoms with van der Waals surface area (Å²) in [5, 5.41) is 9.00. The molecule has 0 bridgehead atoms. The van der Waals surface area contributed by atoms with Crippen LogP contribution in [0, 0.1) is 0 Å². The Kier molecular flexibility index (Phi) is 3.81. The summed E-state index contributed by atoms with van der Waals surface area (Å²) in [6.07, 6.45) is 1.20. The van der Waals surface area contributed by atoms with Gasteiger partial charge in [0, 0.05) is 20.3 Å². The molecule has 0 aliphatic rings. The molecule has 2 N–H and O–H groups in total. The van der Waals surface area contributed by atoms with Gasteiger partial charge in [-0.25, -0.2) is 14.6 Å². The number of aromatic amines is 1. The van der Waals surface area contributed by atoms with Gasteiger partial charge in [0.1, 0.15) is 11.7 Å². The Labute approximate surface area is 123 Å². The summed E-state index contributed by atoms with van der Waals surface area (Å²) in [6.45, 7) is 1.37. The van der Waals surface area contributed by atoms with E-state index < -0.39 is 29.2 Å². The van der Waals surface area contributed by atoms with Crippen molar-refractivity contribution < 1.29 is 14.7 Å². The van der Waals surface area contributed by atoms with Crippen LogP contribution in [-0.4, -0.2) is 49.5 Å². The molecule has 0 aliphatic carbocycles. The van der Waals surface area contributed by atoms with Crippen LogP contribution in [0.4, 0.5) is 0 Å². The molecular formula is C13H14N4O5. The number of nitrogens with zero attached hydrogens (tertiary/aromatic N) is 3. The molecule has 0 fully saturated rings. The van der Waals surface area contributed by atoms with Crippen LogP contribution in [-0.2, 0) is 11.8 Å². The summed E-state index contributed by atoms with van der Waals surface area (Å²) in [6, 6.07) is 0.259. The molecule has 22 heavy (non-hydrogen) atoms. The Balaban J connectivity index is 2.55. The number of fused-ring (bicyclic) bond motifs is 1. The van der Waals surface area contributed by atoms with Gasteiger partial charge in [0.2, 0.25) is 0 Å². The second-order valence-electron chi connectivity index (χ2n) is 4.84.